The average Bonchev–Trinajstić information content (AvgIpc) is 3.22. The number of carbonyl (C=O) groups is 1. The van der Waals surface area contributed by atoms with Crippen LogP contribution < -0.4 is 5.32 Å². The summed E-state index contributed by atoms with van der Waals surface area (Å²) in [7, 11) is 1.86. The van der Waals surface area contributed by atoms with Crippen molar-refractivity contribution < 1.29 is 9.21 Å². The number of halogens is 1. The maximum Gasteiger partial charge on any atom is 0.287 e. The predicted molar refractivity (Wildman–Crippen MR) is 96.3 cm³/mol. The van der Waals surface area contributed by atoms with Crippen molar-refractivity contribution in [2.45, 2.75) is 33.9 Å². The first-order valence-electron chi connectivity index (χ1n) is 7.90. The maximum atomic E-state index is 12.3. The number of aryl methyl sites for hydroxylation is 3. The van der Waals surface area contributed by atoms with Crippen LogP contribution >= 0.6 is 15.9 Å². The van der Waals surface area contributed by atoms with Crippen molar-refractivity contribution in [2.24, 2.45) is 7.05 Å². The number of furan rings is 1. The van der Waals surface area contributed by atoms with Crippen LogP contribution in [0, 0.1) is 20.8 Å². The van der Waals surface area contributed by atoms with E-state index in [1.165, 1.54) is 0 Å². The molecular weight excluding hydrogens is 386 g/mol. The third kappa shape index (κ3) is 3.68. The van der Waals surface area contributed by atoms with Crippen LogP contribution in [0.4, 0.5) is 0 Å². The molecule has 0 saturated heterocycles. The molecule has 0 spiro atoms. The predicted octanol–water partition coefficient (Wildman–Crippen LogP) is 2.88. The number of hydrogen-bond donors (Lipinski definition) is 1. The minimum absolute atomic E-state index is 0.246. The molecule has 25 heavy (non-hydrogen) atoms. The number of nitrogens with zero attached hydrogens (tertiary/aromatic N) is 4. The van der Waals surface area contributed by atoms with E-state index in [1.54, 1.807) is 16.8 Å². The van der Waals surface area contributed by atoms with Gasteiger partial charge < -0.3 is 9.73 Å². The fourth-order valence-electron chi connectivity index (χ4n) is 2.65. The smallest absolute Gasteiger partial charge is 0.287 e. The summed E-state index contributed by atoms with van der Waals surface area (Å²) < 4.78 is 10.2. The second-order valence-corrected chi connectivity index (χ2v) is 6.80. The largest absolute Gasteiger partial charge is 0.454 e. The molecule has 132 valence electrons. The molecule has 1 N–H and O–H groups in total. The third-order valence-corrected chi connectivity index (χ3v) is 5.19. The zero-order valence-corrected chi connectivity index (χ0v) is 16.2. The van der Waals surface area contributed by atoms with Crippen LogP contribution in [0.5, 0.6) is 0 Å². The zero-order valence-electron chi connectivity index (χ0n) is 14.6. The third-order valence-electron chi connectivity index (χ3n) is 4.04. The molecule has 0 aromatic carbocycles. The summed E-state index contributed by atoms with van der Waals surface area (Å²) >= 11 is 3.51. The van der Waals surface area contributed by atoms with Crippen LogP contribution in [0.3, 0.4) is 0 Å². The molecule has 0 fully saturated rings. The van der Waals surface area contributed by atoms with E-state index in [0.717, 1.165) is 27.1 Å². The van der Waals surface area contributed by atoms with Gasteiger partial charge in [0, 0.05) is 25.4 Å². The van der Waals surface area contributed by atoms with Crippen LogP contribution in [0.15, 0.2) is 27.2 Å². The molecule has 3 rings (SSSR count). The molecule has 0 aliphatic heterocycles. The Hall–Kier alpha value is -2.35. The van der Waals surface area contributed by atoms with E-state index in [1.807, 2.05) is 38.7 Å². The molecule has 3 aromatic rings. The minimum atomic E-state index is -0.246. The summed E-state index contributed by atoms with van der Waals surface area (Å²) in [6, 6.07) is 3.48. The van der Waals surface area contributed by atoms with Gasteiger partial charge in [-0.25, -0.2) is 0 Å². The number of carbonyl (C=O) groups excluding carboxylic acids is 1. The van der Waals surface area contributed by atoms with Gasteiger partial charge in [-0.2, -0.15) is 10.2 Å². The van der Waals surface area contributed by atoms with Crippen LogP contribution in [-0.4, -0.2) is 25.5 Å². The number of aromatic nitrogens is 4. The summed E-state index contributed by atoms with van der Waals surface area (Å²) in [6.07, 6.45) is 1.89. The zero-order chi connectivity index (χ0) is 18.1. The van der Waals surface area contributed by atoms with E-state index in [9.17, 15) is 4.79 Å². The van der Waals surface area contributed by atoms with Gasteiger partial charge in [-0.3, -0.25) is 14.2 Å². The number of rotatable bonds is 5. The fourth-order valence-corrected chi connectivity index (χ4v) is 2.93. The Morgan fingerprint density at radius 1 is 1.24 bits per heavy atom. The van der Waals surface area contributed by atoms with Gasteiger partial charge in [-0.15, -0.1) is 0 Å². The van der Waals surface area contributed by atoms with E-state index in [-0.39, 0.29) is 11.7 Å². The Morgan fingerprint density at radius 3 is 2.60 bits per heavy atom. The van der Waals surface area contributed by atoms with Crippen molar-refractivity contribution in [3.63, 3.8) is 0 Å². The summed E-state index contributed by atoms with van der Waals surface area (Å²) in [5.74, 6) is 0.724. The van der Waals surface area contributed by atoms with Crippen LogP contribution in [0.25, 0.3) is 0 Å². The Morgan fingerprint density at radius 2 is 2.00 bits per heavy atom. The SMILES string of the molecule is Cc1nn(C)cc1CNC(=O)c1ccc(Cn2nc(C)c(Br)c2C)o1. The minimum Gasteiger partial charge on any atom is -0.454 e. The standard InChI is InChI=1S/C17H20BrN5O2/c1-10-13(8-22(4)20-10)7-19-17(24)15-6-5-14(25-15)9-23-12(3)16(18)11(2)21-23/h5-6,8H,7,9H2,1-4H3,(H,19,24). The van der Waals surface area contributed by atoms with Crippen LogP contribution in [0.2, 0.25) is 0 Å². The first-order valence-corrected chi connectivity index (χ1v) is 8.70. The van der Waals surface area contributed by atoms with Crippen molar-refractivity contribution in [3.05, 3.63) is 57.0 Å². The van der Waals surface area contributed by atoms with Gasteiger partial charge in [0.2, 0.25) is 0 Å². The molecule has 0 saturated carbocycles. The van der Waals surface area contributed by atoms with Crippen molar-refractivity contribution in [3.8, 4) is 0 Å². The summed E-state index contributed by atoms with van der Waals surface area (Å²) in [6.45, 7) is 6.73. The molecule has 0 unspecified atom stereocenters. The first-order chi connectivity index (χ1) is 11.8. The van der Waals surface area contributed by atoms with Gasteiger partial charge in [0.15, 0.2) is 5.76 Å². The highest BCUT2D eigenvalue weighted by molar-refractivity contribution is 9.10. The highest BCUT2D eigenvalue weighted by atomic mass is 79.9. The molecule has 0 aliphatic carbocycles. The van der Waals surface area contributed by atoms with Gasteiger partial charge in [0.25, 0.3) is 5.91 Å². The lowest BCUT2D eigenvalue weighted by molar-refractivity contribution is 0.0921. The van der Waals surface area contributed by atoms with Gasteiger partial charge in [0.05, 0.1) is 28.1 Å². The second-order valence-electron chi connectivity index (χ2n) is 6.00. The van der Waals surface area contributed by atoms with Gasteiger partial charge >= 0.3 is 0 Å². The van der Waals surface area contributed by atoms with Crippen molar-refractivity contribution in [2.75, 3.05) is 0 Å². The molecule has 7 nitrogen and oxygen atoms in total. The van der Waals surface area contributed by atoms with E-state index >= 15 is 0 Å². The normalized spacial score (nSPS) is 11.1. The molecular formula is C17H20BrN5O2. The highest BCUT2D eigenvalue weighted by Gasteiger charge is 2.14. The Balaban J connectivity index is 1.65. The summed E-state index contributed by atoms with van der Waals surface area (Å²) in [5.41, 5.74) is 3.83. The number of hydrogen-bond acceptors (Lipinski definition) is 4. The van der Waals surface area contributed by atoms with Crippen LogP contribution in [0.1, 0.15) is 39.0 Å². The molecule has 3 aromatic heterocycles. The highest BCUT2D eigenvalue weighted by Crippen LogP contribution is 2.21. The van der Waals surface area contributed by atoms with E-state index in [2.05, 4.69) is 31.4 Å². The lowest BCUT2D eigenvalue weighted by atomic mass is 10.2. The first kappa shape index (κ1) is 17.5. The molecule has 1 amide bonds. The Labute approximate surface area is 154 Å². The Kier molecular flexibility index (Phi) is 4.80. The van der Waals surface area contributed by atoms with Crippen molar-refractivity contribution in [1.82, 2.24) is 24.9 Å². The van der Waals surface area contributed by atoms with Gasteiger partial charge in [-0.1, -0.05) is 0 Å². The van der Waals surface area contributed by atoms with Gasteiger partial charge in [-0.05, 0) is 48.8 Å². The maximum absolute atomic E-state index is 12.3. The molecule has 0 bridgehead atoms. The number of amides is 1. The van der Waals surface area contributed by atoms with E-state index < -0.39 is 0 Å². The van der Waals surface area contributed by atoms with Crippen molar-refractivity contribution in [1.29, 1.82) is 0 Å². The van der Waals surface area contributed by atoms with Crippen molar-refractivity contribution >= 4 is 21.8 Å². The second kappa shape index (κ2) is 6.87. The quantitative estimate of drug-likeness (QED) is 0.707. The lowest BCUT2D eigenvalue weighted by Gasteiger charge is -2.03. The fraction of sp³-hybridized carbons (Fsp3) is 0.353. The Bertz CT molecular complexity index is 922. The van der Waals surface area contributed by atoms with E-state index in [4.69, 9.17) is 4.42 Å². The molecule has 3 heterocycles. The topological polar surface area (TPSA) is 77.9 Å². The van der Waals surface area contributed by atoms with Crippen LogP contribution in [-0.2, 0) is 20.1 Å². The molecule has 0 atom stereocenters. The van der Waals surface area contributed by atoms with E-state index in [0.29, 0.717) is 18.8 Å². The summed E-state index contributed by atoms with van der Waals surface area (Å²) in [5, 5.41) is 11.6. The average molecular weight is 406 g/mol. The number of nitrogens with one attached hydrogen (secondary N) is 1. The summed E-state index contributed by atoms with van der Waals surface area (Å²) in [4.78, 5) is 12.3. The lowest BCUT2D eigenvalue weighted by Crippen LogP contribution is -2.22. The molecule has 0 aliphatic rings. The molecule has 8 heteroatoms. The van der Waals surface area contributed by atoms with Gasteiger partial charge in [0.1, 0.15) is 5.76 Å². The monoisotopic (exact) mass is 405 g/mol. The molecule has 0 radical (unpaired) electrons.